The van der Waals surface area contributed by atoms with Gasteiger partial charge in [0.1, 0.15) is 10.7 Å². The van der Waals surface area contributed by atoms with Crippen LogP contribution in [0.5, 0.6) is 0 Å². The summed E-state index contributed by atoms with van der Waals surface area (Å²) in [4.78, 5) is 44.9. The zero-order valence-electron chi connectivity index (χ0n) is 13.6. The molecule has 1 aliphatic heterocycles. The highest BCUT2D eigenvalue weighted by atomic mass is 32.1. The van der Waals surface area contributed by atoms with Gasteiger partial charge in [0.25, 0.3) is 5.56 Å². The average molecular weight is 362 g/mol. The highest BCUT2D eigenvalue weighted by Crippen LogP contribution is 2.33. The number of aromatic nitrogens is 2. The highest BCUT2D eigenvalue weighted by molar-refractivity contribution is 7.18. The predicted octanol–water partition coefficient (Wildman–Crippen LogP) is 1.65. The van der Waals surface area contributed by atoms with Gasteiger partial charge in [-0.3, -0.25) is 9.59 Å². The lowest BCUT2D eigenvalue weighted by molar-refractivity contribution is -0.160. The molecule has 25 heavy (non-hydrogen) atoms. The first-order chi connectivity index (χ1) is 12.1. The molecule has 1 N–H and O–H groups in total. The number of hydrogen-bond donors (Lipinski definition) is 1. The van der Waals surface area contributed by atoms with Gasteiger partial charge in [-0.2, -0.15) is 0 Å². The molecule has 2 aromatic heterocycles. The first-order valence-corrected chi connectivity index (χ1v) is 9.33. The van der Waals surface area contributed by atoms with Crippen LogP contribution in [0.4, 0.5) is 0 Å². The van der Waals surface area contributed by atoms with Crippen LogP contribution in [0, 0.1) is 0 Å². The van der Waals surface area contributed by atoms with Crippen molar-refractivity contribution in [1.29, 1.82) is 0 Å². The van der Waals surface area contributed by atoms with Crippen LogP contribution in [-0.4, -0.2) is 34.6 Å². The number of cyclic esters (lactones) is 1. The molecule has 0 bridgehead atoms. The minimum atomic E-state index is -0.800. The van der Waals surface area contributed by atoms with Crippen LogP contribution in [0.3, 0.4) is 0 Å². The maximum atomic E-state index is 12.4. The van der Waals surface area contributed by atoms with Crippen LogP contribution in [0.1, 0.15) is 41.9 Å². The number of nitrogens with zero attached hydrogens (tertiary/aromatic N) is 1. The number of thiophene rings is 1. The molecule has 1 aliphatic carbocycles. The Labute approximate surface area is 147 Å². The molecule has 1 atom stereocenters. The van der Waals surface area contributed by atoms with Gasteiger partial charge in [-0.05, 0) is 31.2 Å². The Morgan fingerprint density at radius 1 is 1.32 bits per heavy atom. The number of esters is 2. The van der Waals surface area contributed by atoms with Crippen LogP contribution in [0.15, 0.2) is 4.79 Å². The van der Waals surface area contributed by atoms with Crippen LogP contribution < -0.4 is 5.56 Å². The standard InChI is InChI=1S/C17H18N2O5S/c20-13(24-10-7-8-23-17(10)22)6-5-12-18-15(21)14-9-3-1-2-4-11(9)25-16(14)19-12/h10H,1-8H2,(H,18,19,21)/t10-/m1/s1. The van der Waals surface area contributed by atoms with Crippen LogP contribution in [0.25, 0.3) is 10.2 Å². The second kappa shape index (κ2) is 6.59. The third kappa shape index (κ3) is 3.18. The van der Waals surface area contributed by atoms with Crippen LogP contribution in [-0.2, 0) is 38.3 Å². The van der Waals surface area contributed by atoms with Gasteiger partial charge >= 0.3 is 11.9 Å². The number of nitrogens with one attached hydrogen (secondary N) is 1. The minimum absolute atomic E-state index is 0.0588. The largest absolute Gasteiger partial charge is 0.463 e. The molecule has 0 radical (unpaired) electrons. The Bertz CT molecular complexity index is 900. The molecule has 7 nitrogen and oxygen atoms in total. The lowest BCUT2D eigenvalue weighted by Gasteiger charge is -2.09. The molecule has 132 valence electrons. The second-order valence-corrected chi connectivity index (χ2v) is 7.42. The molecule has 0 amide bonds. The number of aryl methyl sites for hydroxylation is 3. The minimum Gasteiger partial charge on any atom is -0.463 e. The number of ether oxygens (including phenoxy) is 2. The molecule has 4 rings (SSSR count). The van der Waals surface area contributed by atoms with Crippen molar-refractivity contribution < 1.29 is 19.1 Å². The third-order valence-electron chi connectivity index (χ3n) is 4.60. The SMILES string of the molecule is O=C(CCc1nc2sc3c(c2c(=O)[nH]1)CCCC3)O[C@@H]1CCOC1=O. The Morgan fingerprint density at radius 2 is 2.16 bits per heavy atom. The molecular formula is C17H18N2O5S. The van der Waals surface area contributed by atoms with E-state index in [1.54, 1.807) is 11.3 Å². The van der Waals surface area contributed by atoms with Crippen LogP contribution in [0.2, 0.25) is 0 Å². The van der Waals surface area contributed by atoms with Gasteiger partial charge in [0.05, 0.1) is 18.4 Å². The lowest BCUT2D eigenvalue weighted by Crippen LogP contribution is -2.23. The first kappa shape index (κ1) is 16.3. The normalized spacial score (nSPS) is 19.7. The average Bonchev–Trinajstić information content (AvgIpc) is 3.16. The Kier molecular flexibility index (Phi) is 4.29. The quantitative estimate of drug-likeness (QED) is 0.831. The topological polar surface area (TPSA) is 98.3 Å². The summed E-state index contributed by atoms with van der Waals surface area (Å²) in [5.41, 5.74) is 1.01. The summed E-state index contributed by atoms with van der Waals surface area (Å²) < 4.78 is 9.86. The van der Waals surface area contributed by atoms with Crippen LogP contribution >= 0.6 is 11.3 Å². The number of rotatable bonds is 4. The number of fused-ring (bicyclic) bond motifs is 3. The number of hydrogen-bond acceptors (Lipinski definition) is 7. The van der Waals surface area contributed by atoms with Gasteiger partial charge in [-0.15, -0.1) is 11.3 Å². The molecule has 0 spiro atoms. The van der Waals surface area contributed by atoms with E-state index in [0.717, 1.165) is 36.1 Å². The summed E-state index contributed by atoms with van der Waals surface area (Å²) in [5.74, 6) is -0.510. The van der Waals surface area contributed by atoms with Gasteiger partial charge in [0, 0.05) is 17.7 Å². The molecule has 0 saturated carbocycles. The summed E-state index contributed by atoms with van der Waals surface area (Å²) in [7, 11) is 0. The summed E-state index contributed by atoms with van der Waals surface area (Å²) >= 11 is 1.58. The maximum Gasteiger partial charge on any atom is 0.347 e. The van der Waals surface area contributed by atoms with Crippen molar-refractivity contribution in [3.63, 3.8) is 0 Å². The zero-order valence-corrected chi connectivity index (χ0v) is 14.4. The fraction of sp³-hybridized carbons (Fsp3) is 0.529. The molecule has 8 heteroatoms. The van der Waals surface area contributed by atoms with Crippen molar-refractivity contribution in [3.8, 4) is 0 Å². The smallest absolute Gasteiger partial charge is 0.347 e. The molecule has 0 unspecified atom stereocenters. The summed E-state index contributed by atoms with van der Waals surface area (Å²) in [6.45, 7) is 0.283. The van der Waals surface area contributed by atoms with Crippen molar-refractivity contribution in [1.82, 2.24) is 9.97 Å². The van der Waals surface area contributed by atoms with Gasteiger partial charge in [-0.25, -0.2) is 9.78 Å². The van der Waals surface area contributed by atoms with E-state index in [2.05, 4.69) is 9.97 Å². The fourth-order valence-corrected chi connectivity index (χ4v) is 4.63. The van der Waals surface area contributed by atoms with E-state index in [1.165, 1.54) is 4.88 Å². The van der Waals surface area contributed by atoms with E-state index >= 15 is 0 Å². The summed E-state index contributed by atoms with van der Waals surface area (Å²) in [5, 5.41) is 0.708. The number of carbonyl (C=O) groups excluding carboxylic acids is 2. The fourth-order valence-electron chi connectivity index (χ4n) is 3.35. The molecule has 0 aromatic carbocycles. The summed E-state index contributed by atoms with van der Waals surface area (Å²) in [6.07, 6.45) is 4.13. The first-order valence-electron chi connectivity index (χ1n) is 8.51. The van der Waals surface area contributed by atoms with Crippen molar-refractivity contribution in [2.24, 2.45) is 0 Å². The van der Waals surface area contributed by atoms with Gasteiger partial charge in [-0.1, -0.05) is 0 Å². The van der Waals surface area contributed by atoms with Crippen molar-refractivity contribution in [3.05, 3.63) is 26.6 Å². The Hall–Kier alpha value is -2.22. The lowest BCUT2D eigenvalue weighted by atomic mass is 9.97. The Morgan fingerprint density at radius 3 is 2.96 bits per heavy atom. The molecule has 2 aromatic rings. The van der Waals surface area contributed by atoms with E-state index in [9.17, 15) is 14.4 Å². The molecule has 1 saturated heterocycles. The molecule has 3 heterocycles. The second-order valence-electron chi connectivity index (χ2n) is 6.34. The number of H-pyrrole nitrogens is 1. The maximum absolute atomic E-state index is 12.4. The molecular weight excluding hydrogens is 344 g/mol. The summed E-state index contributed by atoms with van der Waals surface area (Å²) in [6, 6.07) is 0. The van der Waals surface area contributed by atoms with Gasteiger partial charge < -0.3 is 14.5 Å². The predicted molar refractivity (Wildman–Crippen MR) is 90.7 cm³/mol. The molecule has 2 aliphatic rings. The van der Waals surface area contributed by atoms with E-state index in [-0.39, 0.29) is 25.0 Å². The van der Waals surface area contributed by atoms with E-state index in [4.69, 9.17) is 9.47 Å². The van der Waals surface area contributed by atoms with Gasteiger partial charge in [0.2, 0.25) is 6.10 Å². The van der Waals surface area contributed by atoms with E-state index in [1.807, 2.05) is 0 Å². The molecule has 1 fully saturated rings. The number of aromatic amines is 1. The highest BCUT2D eigenvalue weighted by Gasteiger charge is 2.30. The Balaban J connectivity index is 1.47. The third-order valence-corrected chi connectivity index (χ3v) is 5.79. The monoisotopic (exact) mass is 362 g/mol. The zero-order chi connectivity index (χ0) is 17.4. The van der Waals surface area contributed by atoms with Gasteiger partial charge in [0.15, 0.2) is 0 Å². The van der Waals surface area contributed by atoms with Crippen molar-refractivity contribution >= 4 is 33.5 Å². The van der Waals surface area contributed by atoms with Crippen molar-refractivity contribution in [2.45, 2.75) is 51.0 Å². The van der Waals surface area contributed by atoms with Crippen molar-refractivity contribution in [2.75, 3.05) is 6.61 Å². The number of carbonyl (C=O) groups is 2. The van der Waals surface area contributed by atoms with E-state index in [0.29, 0.717) is 17.6 Å². The van der Waals surface area contributed by atoms with E-state index < -0.39 is 18.0 Å².